The fourth-order valence-electron chi connectivity index (χ4n) is 7.90. The molecule has 0 saturated heterocycles. The van der Waals surface area contributed by atoms with E-state index in [1.54, 1.807) is 21.3 Å². The van der Waals surface area contributed by atoms with Gasteiger partial charge < -0.3 is 23.0 Å². The van der Waals surface area contributed by atoms with Crippen LogP contribution in [0.15, 0.2) is 142 Å². The molecule has 0 N–H and O–H groups in total. The molecule has 0 spiro atoms. The van der Waals surface area contributed by atoms with Crippen molar-refractivity contribution in [3.05, 3.63) is 139 Å². The molecule has 5 nitrogen and oxygen atoms in total. The van der Waals surface area contributed by atoms with Gasteiger partial charge in [-0.3, -0.25) is 0 Å². The molecule has 256 valence electrons. The molecule has 0 bridgehead atoms. The second-order valence-electron chi connectivity index (χ2n) is 13.7. The second kappa shape index (κ2) is 11.9. The van der Waals surface area contributed by atoms with E-state index < -0.39 is 0 Å². The lowest BCUT2D eigenvalue weighted by Crippen LogP contribution is -1.89. The predicted molar refractivity (Wildman–Crippen MR) is 217 cm³/mol. The topological polar surface area (TPSA) is 54.0 Å². The second-order valence-corrected chi connectivity index (χ2v) is 13.7. The molecular weight excluding hydrogens is 657 g/mol. The quantitative estimate of drug-likeness (QED) is 0.174. The molecule has 0 aliphatic rings. The van der Waals surface area contributed by atoms with Gasteiger partial charge in [0.25, 0.3) is 0 Å². The summed E-state index contributed by atoms with van der Waals surface area (Å²) in [5.74, 6) is 2.29. The molecule has 0 aliphatic carbocycles. The van der Waals surface area contributed by atoms with Crippen LogP contribution >= 0.6 is 0 Å². The molecular formula is C48H34O5. The highest BCUT2D eigenvalue weighted by Crippen LogP contribution is 2.45. The number of hydrogen-bond acceptors (Lipinski definition) is 5. The highest BCUT2D eigenvalue weighted by molar-refractivity contribution is 6.24. The van der Waals surface area contributed by atoms with E-state index in [9.17, 15) is 0 Å². The summed E-state index contributed by atoms with van der Waals surface area (Å²) >= 11 is 0. The van der Waals surface area contributed by atoms with Gasteiger partial charge in [-0.1, -0.05) is 66.2 Å². The Labute approximate surface area is 305 Å². The Kier molecular flexibility index (Phi) is 6.99. The fourth-order valence-corrected chi connectivity index (χ4v) is 7.90. The van der Waals surface area contributed by atoms with Gasteiger partial charge in [0.05, 0.1) is 21.3 Å². The van der Waals surface area contributed by atoms with Crippen molar-refractivity contribution in [2.24, 2.45) is 0 Å². The summed E-state index contributed by atoms with van der Waals surface area (Å²) in [5.41, 5.74) is 10.8. The molecule has 0 fully saturated rings. The van der Waals surface area contributed by atoms with E-state index in [0.717, 1.165) is 116 Å². The third-order valence-electron chi connectivity index (χ3n) is 10.6. The molecule has 8 aromatic carbocycles. The van der Waals surface area contributed by atoms with Gasteiger partial charge in [-0.2, -0.15) is 0 Å². The van der Waals surface area contributed by atoms with Crippen molar-refractivity contribution in [3.8, 4) is 50.6 Å². The molecule has 0 radical (unpaired) electrons. The van der Waals surface area contributed by atoms with Crippen LogP contribution in [0.2, 0.25) is 0 Å². The Morgan fingerprint density at radius 1 is 0.396 bits per heavy atom. The summed E-state index contributed by atoms with van der Waals surface area (Å²) in [5, 5.41) is 8.82. The van der Waals surface area contributed by atoms with Crippen LogP contribution in [0.4, 0.5) is 0 Å². The van der Waals surface area contributed by atoms with Crippen LogP contribution < -0.4 is 14.2 Å². The van der Waals surface area contributed by atoms with Crippen LogP contribution in [0.1, 0.15) is 5.56 Å². The number of ether oxygens (including phenoxy) is 3. The van der Waals surface area contributed by atoms with Gasteiger partial charge in [0.15, 0.2) is 0 Å². The van der Waals surface area contributed by atoms with E-state index in [0.29, 0.717) is 0 Å². The number of fused-ring (bicyclic) bond motifs is 10. The Morgan fingerprint density at radius 2 is 0.943 bits per heavy atom. The maximum atomic E-state index is 6.67. The van der Waals surface area contributed by atoms with Crippen LogP contribution in [0, 0.1) is 6.92 Å². The molecule has 2 aromatic heterocycles. The van der Waals surface area contributed by atoms with Gasteiger partial charge in [0.2, 0.25) is 0 Å². The zero-order valence-electron chi connectivity index (χ0n) is 29.7. The zero-order valence-corrected chi connectivity index (χ0v) is 29.7. The Morgan fingerprint density at radius 3 is 1.60 bits per heavy atom. The van der Waals surface area contributed by atoms with Crippen molar-refractivity contribution >= 4 is 65.4 Å². The van der Waals surface area contributed by atoms with Crippen LogP contribution in [0.25, 0.3) is 98.8 Å². The molecule has 0 atom stereocenters. The van der Waals surface area contributed by atoms with Crippen molar-refractivity contribution in [2.45, 2.75) is 6.92 Å². The van der Waals surface area contributed by atoms with Crippen LogP contribution in [0.5, 0.6) is 17.2 Å². The third-order valence-corrected chi connectivity index (χ3v) is 10.6. The van der Waals surface area contributed by atoms with E-state index in [1.165, 1.54) is 5.56 Å². The smallest absolute Gasteiger partial charge is 0.143 e. The Balaban J connectivity index is 1.20. The SMILES string of the molecule is COc1cc(-c2ccc3c(c2)cc(-c2ccc(C)cc2)c2oc4cc(OC)ccc4c23)cc(-c2cc3ccccc3c3c2oc2cc(OC)ccc23)c1. The number of rotatable bonds is 6. The minimum absolute atomic E-state index is 0.758. The normalized spacial score (nSPS) is 11.8. The van der Waals surface area contributed by atoms with Crippen molar-refractivity contribution in [1.29, 1.82) is 0 Å². The molecule has 10 aromatic rings. The van der Waals surface area contributed by atoms with E-state index in [4.69, 9.17) is 23.0 Å². The molecule has 0 amide bonds. The summed E-state index contributed by atoms with van der Waals surface area (Å²) < 4.78 is 30.3. The maximum absolute atomic E-state index is 6.67. The number of methoxy groups -OCH3 is 3. The maximum Gasteiger partial charge on any atom is 0.143 e. The molecule has 2 heterocycles. The Bertz CT molecular complexity index is 3070. The van der Waals surface area contributed by atoms with Gasteiger partial charge in [-0.25, -0.2) is 0 Å². The molecule has 0 saturated carbocycles. The van der Waals surface area contributed by atoms with Crippen molar-refractivity contribution in [1.82, 2.24) is 0 Å². The van der Waals surface area contributed by atoms with Gasteiger partial charge in [-0.05, 0) is 111 Å². The number of furan rings is 2. The predicted octanol–water partition coefficient (Wildman–Crippen LogP) is 13.1. The first-order chi connectivity index (χ1) is 26.0. The van der Waals surface area contributed by atoms with Gasteiger partial charge in [-0.15, -0.1) is 0 Å². The van der Waals surface area contributed by atoms with Crippen LogP contribution in [-0.2, 0) is 0 Å². The molecule has 0 aliphatic heterocycles. The van der Waals surface area contributed by atoms with Crippen molar-refractivity contribution in [3.63, 3.8) is 0 Å². The largest absolute Gasteiger partial charge is 0.497 e. The van der Waals surface area contributed by atoms with E-state index in [-0.39, 0.29) is 0 Å². The number of hydrogen-bond donors (Lipinski definition) is 0. The average molecular weight is 691 g/mol. The highest BCUT2D eigenvalue weighted by Gasteiger charge is 2.20. The lowest BCUT2D eigenvalue weighted by atomic mass is 9.92. The summed E-state index contributed by atoms with van der Waals surface area (Å²) in [6.07, 6.45) is 0. The summed E-state index contributed by atoms with van der Waals surface area (Å²) in [6.45, 7) is 2.11. The lowest BCUT2D eigenvalue weighted by molar-refractivity contribution is 0.414. The van der Waals surface area contributed by atoms with Gasteiger partial charge in [0.1, 0.15) is 39.6 Å². The molecule has 5 heteroatoms. The Hall–Kier alpha value is -6.72. The summed E-state index contributed by atoms with van der Waals surface area (Å²) in [7, 11) is 5.07. The van der Waals surface area contributed by atoms with Crippen LogP contribution in [0.3, 0.4) is 0 Å². The fraction of sp³-hybridized carbons (Fsp3) is 0.0833. The standard InChI is InChI=1S/C48H34O5/c1-27-9-11-28(12-10-27)41-24-33-19-29(13-16-38(33)46-40-18-15-35(50-3)26-44(40)52-47(41)46)31-20-32(22-36(21-31)51-4)42-23-30-7-5-6-8-37(30)45-39-17-14-34(49-2)25-43(39)53-48(42)45/h5-26H,1-4H3. The molecule has 53 heavy (non-hydrogen) atoms. The zero-order chi connectivity index (χ0) is 35.8. The van der Waals surface area contributed by atoms with Gasteiger partial charge in [0, 0.05) is 44.8 Å². The number of benzene rings is 8. The molecule has 0 unspecified atom stereocenters. The van der Waals surface area contributed by atoms with E-state index in [1.807, 2.05) is 24.3 Å². The lowest BCUT2D eigenvalue weighted by Gasteiger charge is -2.13. The highest BCUT2D eigenvalue weighted by atomic mass is 16.5. The first-order valence-corrected chi connectivity index (χ1v) is 17.7. The monoisotopic (exact) mass is 690 g/mol. The average Bonchev–Trinajstić information content (AvgIpc) is 3.79. The van der Waals surface area contributed by atoms with Gasteiger partial charge >= 0.3 is 0 Å². The van der Waals surface area contributed by atoms with Crippen molar-refractivity contribution < 1.29 is 23.0 Å². The minimum Gasteiger partial charge on any atom is -0.497 e. The van der Waals surface area contributed by atoms with Crippen LogP contribution in [-0.4, -0.2) is 21.3 Å². The van der Waals surface area contributed by atoms with E-state index >= 15 is 0 Å². The van der Waals surface area contributed by atoms with Crippen molar-refractivity contribution in [2.75, 3.05) is 21.3 Å². The third kappa shape index (κ3) is 4.92. The summed E-state index contributed by atoms with van der Waals surface area (Å²) in [6, 6.07) is 46.8. The minimum atomic E-state index is 0.758. The first-order valence-electron chi connectivity index (χ1n) is 17.7. The summed E-state index contributed by atoms with van der Waals surface area (Å²) in [4.78, 5) is 0. The first kappa shape index (κ1) is 31.1. The molecule has 10 rings (SSSR count). The van der Waals surface area contributed by atoms with E-state index in [2.05, 4.69) is 116 Å². The number of aryl methyl sites for hydroxylation is 1.